The predicted octanol–water partition coefficient (Wildman–Crippen LogP) is 3.26. The van der Waals surface area contributed by atoms with Gasteiger partial charge in [-0.05, 0) is 23.6 Å². The highest BCUT2D eigenvalue weighted by atomic mass is 16.6. The van der Waals surface area contributed by atoms with Crippen molar-refractivity contribution in [1.29, 1.82) is 0 Å². The number of ether oxygens (including phenoxy) is 3. The molecule has 3 rings (SSSR count). The summed E-state index contributed by atoms with van der Waals surface area (Å²) in [7, 11) is 0. The summed E-state index contributed by atoms with van der Waals surface area (Å²) in [5.74, 6) is 0.335. The van der Waals surface area contributed by atoms with E-state index >= 15 is 0 Å². The van der Waals surface area contributed by atoms with E-state index in [1.807, 2.05) is 18.2 Å². The largest absolute Gasteiger partial charge is 0.493 e. The van der Waals surface area contributed by atoms with Crippen molar-refractivity contribution in [1.82, 2.24) is 0 Å². The molecule has 0 bridgehead atoms. The van der Waals surface area contributed by atoms with Crippen molar-refractivity contribution in [2.45, 2.75) is 26.2 Å². The Morgan fingerprint density at radius 3 is 2.25 bits per heavy atom. The van der Waals surface area contributed by atoms with Crippen LogP contribution in [-0.4, -0.2) is 18.5 Å². The topological polar surface area (TPSA) is 61.8 Å². The lowest BCUT2D eigenvalue weighted by Crippen LogP contribution is -2.19. The van der Waals surface area contributed by atoms with Crippen LogP contribution in [0.15, 0.2) is 42.5 Å². The fourth-order valence-electron chi connectivity index (χ4n) is 2.80. The van der Waals surface area contributed by atoms with Gasteiger partial charge in [-0.2, -0.15) is 0 Å². The molecule has 0 spiro atoms. The summed E-state index contributed by atoms with van der Waals surface area (Å²) >= 11 is 0. The van der Waals surface area contributed by atoms with Gasteiger partial charge in [0.05, 0.1) is 6.61 Å². The van der Waals surface area contributed by atoms with Crippen LogP contribution in [0.5, 0.6) is 17.2 Å². The second kappa shape index (κ2) is 6.74. The van der Waals surface area contributed by atoms with Gasteiger partial charge in [0.2, 0.25) is 0 Å². The van der Waals surface area contributed by atoms with Gasteiger partial charge in [-0.3, -0.25) is 9.59 Å². The first kappa shape index (κ1) is 16.1. The lowest BCUT2D eigenvalue weighted by Gasteiger charge is -2.26. The maximum Gasteiger partial charge on any atom is 0.308 e. The molecule has 1 heterocycles. The molecule has 124 valence electrons. The van der Waals surface area contributed by atoms with Gasteiger partial charge in [0.15, 0.2) is 11.5 Å². The molecule has 0 unspecified atom stereocenters. The maximum atomic E-state index is 11.3. The van der Waals surface area contributed by atoms with Crippen LogP contribution in [0.3, 0.4) is 0 Å². The van der Waals surface area contributed by atoms with Gasteiger partial charge in [0.25, 0.3) is 0 Å². The molecule has 0 N–H and O–H groups in total. The minimum Gasteiger partial charge on any atom is -0.493 e. The van der Waals surface area contributed by atoms with Crippen LogP contribution >= 0.6 is 0 Å². The summed E-state index contributed by atoms with van der Waals surface area (Å²) < 4.78 is 16.2. The fraction of sp³-hybridized carbons (Fsp3) is 0.263. The summed E-state index contributed by atoms with van der Waals surface area (Å²) in [6, 6.07) is 13.4. The molecule has 2 aromatic rings. The molecule has 1 aliphatic rings. The van der Waals surface area contributed by atoms with Gasteiger partial charge in [0, 0.05) is 25.8 Å². The Kier molecular flexibility index (Phi) is 4.51. The van der Waals surface area contributed by atoms with Crippen molar-refractivity contribution in [2.24, 2.45) is 0 Å². The number of rotatable bonds is 3. The van der Waals surface area contributed by atoms with E-state index in [1.165, 1.54) is 19.4 Å². The molecule has 5 nitrogen and oxygen atoms in total. The van der Waals surface area contributed by atoms with E-state index in [0.29, 0.717) is 12.4 Å². The van der Waals surface area contributed by atoms with Crippen molar-refractivity contribution in [3.63, 3.8) is 0 Å². The normalized spacial score (nSPS) is 15.8. The molecule has 24 heavy (non-hydrogen) atoms. The molecule has 0 saturated carbocycles. The molecule has 1 atom stereocenters. The molecule has 0 amide bonds. The molecule has 0 radical (unpaired) electrons. The van der Waals surface area contributed by atoms with Crippen LogP contribution in [-0.2, 0) is 16.0 Å². The van der Waals surface area contributed by atoms with Gasteiger partial charge in [-0.1, -0.05) is 30.3 Å². The molecule has 0 saturated heterocycles. The molecule has 0 aliphatic carbocycles. The van der Waals surface area contributed by atoms with Crippen LogP contribution < -0.4 is 14.2 Å². The first-order valence-corrected chi connectivity index (χ1v) is 7.74. The Balaban J connectivity index is 1.93. The summed E-state index contributed by atoms with van der Waals surface area (Å²) in [6.07, 6.45) is 0.758. The average molecular weight is 326 g/mol. The van der Waals surface area contributed by atoms with Crippen LogP contribution in [0.25, 0.3) is 0 Å². The Bertz CT molecular complexity index is 767. The number of hydrogen-bond acceptors (Lipinski definition) is 5. The van der Waals surface area contributed by atoms with Crippen LogP contribution in [0, 0.1) is 0 Å². The second-order valence-corrected chi connectivity index (χ2v) is 5.72. The number of fused-ring (bicyclic) bond motifs is 1. The first-order valence-electron chi connectivity index (χ1n) is 7.74. The first-order chi connectivity index (χ1) is 11.5. The highest BCUT2D eigenvalue weighted by Crippen LogP contribution is 2.40. The fourth-order valence-corrected chi connectivity index (χ4v) is 2.80. The van der Waals surface area contributed by atoms with E-state index in [0.717, 1.165) is 12.0 Å². The van der Waals surface area contributed by atoms with Crippen molar-refractivity contribution in [2.75, 3.05) is 6.61 Å². The van der Waals surface area contributed by atoms with E-state index in [2.05, 4.69) is 12.1 Å². The minimum absolute atomic E-state index is 0.189. The maximum absolute atomic E-state index is 11.3. The molecular formula is C19H18O5. The average Bonchev–Trinajstić information content (AvgIpc) is 2.55. The summed E-state index contributed by atoms with van der Waals surface area (Å²) in [5.41, 5.74) is 2.11. The number of carbonyl (C=O) groups is 2. The Labute approximate surface area is 140 Å². The third-order valence-corrected chi connectivity index (χ3v) is 3.81. The smallest absolute Gasteiger partial charge is 0.308 e. The summed E-state index contributed by atoms with van der Waals surface area (Å²) in [4.78, 5) is 22.6. The SMILES string of the molecule is CC(=O)Oc1cc2c(cc1OC(C)=O)OC[C@@H](c1ccccc1)C2. The Hall–Kier alpha value is -2.82. The van der Waals surface area contributed by atoms with Crippen LogP contribution in [0.4, 0.5) is 0 Å². The van der Waals surface area contributed by atoms with E-state index in [1.54, 1.807) is 12.1 Å². The lowest BCUT2D eigenvalue weighted by molar-refractivity contribution is -0.134. The zero-order valence-corrected chi connectivity index (χ0v) is 13.6. The van der Waals surface area contributed by atoms with Crippen molar-refractivity contribution < 1.29 is 23.8 Å². The molecule has 5 heteroatoms. The molecule has 1 aliphatic heterocycles. The van der Waals surface area contributed by atoms with Gasteiger partial charge in [0.1, 0.15) is 5.75 Å². The summed E-state index contributed by atoms with van der Waals surface area (Å²) in [5, 5.41) is 0. The molecule has 0 aromatic heterocycles. The third kappa shape index (κ3) is 3.56. The monoisotopic (exact) mass is 326 g/mol. The summed E-state index contributed by atoms with van der Waals surface area (Å²) in [6.45, 7) is 3.15. The van der Waals surface area contributed by atoms with Gasteiger partial charge < -0.3 is 14.2 Å². The van der Waals surface area contributed by atoms with Crippen molar-refractivity contribution in [3.05, 3.63) is 53.6 Å². The van der Waals surface area contributed by atoms with E-state index in [4.69, 9.17) is 14.2 Å². The number of esters is 2. The highest BCUT2D eigenvalue weighted by molar-refractivity contribution is 5.74. The highest BCUT2D eigenvalue weighted by Gasteiger charge is 2.24. The zero-order chi connectivity index (χ0) is 17.1. The number of benzene rings is 2. The quantitative estimate of drug-likeness (QED) is 0.640. The molecule has 0 fully saturated rings. The predicted molar refractivity (Wildman–Crippen MR) is 87.4 cm³/mol. The zero-order valence-electron chi connectivity index (χ0n) is 13.6. The Morgan fingerprint density at radius 2 is 1.62 bits per heavy atom. The van der Waals surface area contributed by atoms with Crippen LogP contribution in [0.1, 0.15) is 30.9 Å². The lowest BCUT2D eigenvalue weighted by atomic mass is 9.90. The van der Waals surface area contributed by atoms with E-state index in [-0.39, 0.29) is 17.4 Å². The molecular weight excluding hydrogens is 308 g/mol. The van der Waals surface area contributed by atoms with E-state index < -0.39 is 11.9 Å². The van der Waals surface area contributed by atoms with Gasteiger partial charge >= 0.3 is 11.9 Å². The van der Waals surface area contributed by atoms with Crippen molar-refractivity contribution >= 4 is 11.9 Å². The standard InChI is InChI=1S/C19H18O5/c1-12(20)23-18-9-15-8-16(14-6-4-3-5-7-14)11-22-17(15)10-19(18)24-13(2)21/h3-7,9-10,16H,8,11H2,1-2H3/t16-/m0/s1. The van der Waals surface area contributed by atoms with Crippen molar-refractivity contribution in [3.8, 4) is 17.2 Å². The van der Waals surface area contributed by atoms with Gasteiger partial charge in [-0.15, -0.1) is 0 Å². The minimum atomic E-state index is -0.485. The third-order valence-electron chi connectivity index (χ3n) is 3.81. The van der Waals surface area contributed by atoms with E-state index in [9.17, 15) is 9.59 Å². The number of hydrogen-bond donors (Lipinski definition) is 0. The van der Waals surface area contributed by atoms with Crippen LogP contribution in [0.2, 0.25) is 0 Å². The second-order valence-electron chi connectivity index (χ2n) is 5.72. The number of carbonyl (C=O) groups excluding carboxylic acids is 2. The molecule has 2 aromatic carbocycles. The Morgan fingerprint density at radius 1 is 1.00 bits per heavy atom. The van der Waals surface area contributed by atoms with Gasteiger partial charge in [-0.25, -0.2) is 0 Å².